The Hall–Kier alpha value is -1.72. The van der Waals surface area contributed by atoms with Crippen LogP contribution in [0.15, 0.2) is 4.99 Å². The molecule has 1 saturated heterocycles. The molecule has 0 saturated carbocycles. The van der Waals surface area contributed by atoms with Gasteiger partial charge in [0.25, 0.3) is 11.8 Å². The van der Waals surface area contributed by atoms with Crippen LogP contribution in [0, 0.1) is 0 Å². The third-order valence-electron chi connectivity index (χ3n) is 2.15. The molecule has 88 valence electrons. The molecule has 1 rings (SSSR count). The lowest BCUT2D eigenvalue weighted by Crippen LogP contribution is -2.31. The Labute approximate surface area is 93.2 Å². The van der Waals surface area contributed by atoms with Gasteiger partial charge in [0.2, 0.25) is 0 Å². The zero-order valence-electron chi connectivity index (χ0n) is 8.98. The van der Waals surface area contributed by atoms with Crippen molar-refractivity contribution in [3.8, 4) is 0 Å². The van der Waals surface area contributed by atoms with E-state index in [9.17, 15) is 14.4 Å². The largest absolute Gasteiger partial charge is 0.333 e. The van der Waals surface area contributed by atoms with Crippen LogP contribution >= 0.6 is 0 Å². The number of imide groups is 1. The number of hydroxylamine groups is 2. The standard InChI is InChI=1S/C10H14N2O4/c1-11-7-3-2-4-10(15)16-12-8(13)5-6-9(12)14/h1-7H2. The Morgan fingerprint density at radius 2 is 1.94 bits per heavy atom. The average molecular weight is 226 g/mol. The molecule has 0 atom stereocenters. The highest BCUT2D eigenvalue weighted by molar-refractivity contribution is 6.01. The lowest BCUT2D eigenvalue weighted by molar-refractivity contribution is -0.197. The van der Waals surface area contributed by atoms with Crippen LogP contribution in [-0.4, -0.2) is 36.1 Å². The first-order valence-electron chi connectivity index (χ1n) is 5.14. The van der Waals surface area contributed by atoms with Gasteiger partial charge in [0.1, 0.15) is 0 Å². The quantitative estimate of drug-likeness (QED) is 0.374. The average Bonchev–Trinajstić information content (AvgIpc) is 2.56. The molecule has 1 heterocycles. The number of nitrogens with zero attached hydrogens (tertiary/aromatic N) is 2. The maximum absolute atomic E-state index is 11.2. The zero-order valence-corrected chi connectivity index (χ0v) is 8.98. The Morgan fingerprint density at radius 1 is 1.31 bits per heavy atom. The second-order valence-corrected chi connectivity index (χ2v) is 3.45. The summed E-state index contributed by atoms with van der Waals surface area (Å²) in [7, 11) is 0. The Morgan fingerprint density at radius 3 is 2.50 bits per heavy atom. The number of hydrogen-bond donors (Lipinski definition) is 0. The number of carbonyl (C=O) groups excluding carboxylic acids is 3. The molecule has 0 radical (unpaired) electrons. The van der Waals surface area contributed by atoms with E-state index < -0.39 is 17.8 Å². The molecule has 6 heteroatoms. The third-order valence-corrected chi connectivity index (χ3v) is 2.15. The van der Waals surface area contributed by atoms with Gasteiger partial charge in [-0.05, 0) is 19.6 Å². The van der Waals surface area contributed by atoms with Crippen LogP contribution in [0.5, 0.6) is 0 Å². The molecule has 1 fully saturated rings. The van der Waals surface area contributed by atoms with Crippen molar-refractivity contribution >= 4 is 24.5 Å². The van der Waals surface area contributed by atoms with Crippen molar-refractivity contribution in [1.29, 1.82) is 0 Å². The van der Waals surface area contributed by atoms with Gasteiger partial charge in [0, 0.05) is 25.8 Å². The van der Waals surface area contributed by atoms with Gasteiger partial charge >= 0.3 is 5.97 Å². The van der Waals surface area contributed by atoms with Crippen LogP contribution in [0.4, 0.5) is 0 Å². The van der Waals surface area contributed by atoms with Crippen LogP contribution in [-0.2, 0) is 19.2 Å². The Balaban J connectivity index is 2.25. The van der Waals surface area contributed by atoms with E-state index in [1.807, 2.05) is 0 Å². The molecule has 0 spiro atoms. The van der Waals surface area contributed by atoms with Crippen LogP contribution in [0.25, 0.3) is 0 Å². The lowest BCUT2D eigenvalue weighted by Gasteiger charge is -2.12. The predicted octanol–water partition coefficient (Wildman–Crippen LogP) is 0.464. The number of aliphatic imine (C=N–C) groups is 1. The van der Waals surface area contributed by atoms with Crippen LogP contribution in [0.1, 0.15) is 32.1 Å². The molecule has 6 nitrogen and oxygen atoms in total. The topological polar surface area (TPSA) is 76.0 Å². The normalized spacial score (nSPS) is 15.4. The molecular weight excluding hydrogens is 212 g/mol. The lowest BCUT2D eigenvalue weighted by atomic mass is 10.2. The summed E-state index contributed by atoms with van der Waals surface area (Å²) in [4.78, 5) is 41.7. The van der Waals surface area contributed by atoms with Crippen molar-refractivity contribution in [3.05, 3.63) is 0 Å². The highest BCUT2D eigenvalue weighted by Gasteiger charge is 2.32. The van der Waals surface area contributed by atoms with Gasteiger partial charge in [-0.2, -0.15) is 0 Å². The fraction of sp³-hybridized carbons (Fsp3) is 0.600. The van der Waals surface area contributed by atoms with E-state index in [0.717, 1.165) is 6.42 Å². The van der Waals surface area contributed by atoms with E-state index in [4.69, 9.17) is 0 Å². The number of unbranched alkanes of at least 4 members (excludes halogenated alkanes) is 1. The molecule has 0 unspecified atom stereocenters. The first kappa shape index (κ1) is 12.4. The Kier molecular flexibility index (Phi) is 4.63. The van der Waals surface area contributed by atoms with Gasteiger partial charge in [0.15, 0.2) is 0 Å². The summed E-state index contributed by atoms with van der Waals surface area (Å²) in [6, 6.07) is 0. The second kappa shape index (κ2) is 5.99. The summed E-state index contributed by atoms with van der Waals surface area (Å²) in [5.41, 5.74) is 0. The highest BCUT2D eigenvalue weighted by atomic mass is 16.7. The van der Waals surface area contributed by atoms with Gasteiger partial charge in [-0.25, -0.2) is 4.79 Å². The van der Waals surface area contributed by atoms with Gasteiger partial charge in [-0.15, -0.1) is 5.06 Å². The summed E-state index contributed by atoms with van der Waals surface area (Å²) in [6.07, 6.45) is 1.75. The first-order chi connectivity index (χ1) is 7.65. The molecule has 0 aromatic rings. The van der Waals surface area contributed by atoms with Crippen molar-refractivity contribution in [3.63, 3.8) is 0 Å². The number of rotatable bonds is 6. The fourth-order valence-electron chi connectivity index (χ4n) is 1.30. The second-order valence-electron chi connectivity index (χ2n) is 3.45. The van der Waals surface area contributed by atoms with Crippen LogP contribution < -0.4 is 0 Å². The molecule has 0 aromatic heterocycles. The maximum Gasteiger partial charge on any atom is 0.333 e. The van der Waals surface area contributed by atoms with E-state index in [-0.39, 0.29) is 19.3 Å². The molecule has 1 aliphatic rings. The summed E-state index contributed by atoms with van der Waals surface area (Å²) in [5, 5.41) is 0.564. The SMILES string of the molecule is C=NCCCCC(=O)ON1C(=O)CCC1=O. The van der Waals surface area contributed by atoms with E-state index in [2.05, 4.69) is 16.5 Å². The zero-order chi connectivity index (χ0) is 12.0. The molecule has 0 bridgehead atoms. The van der Waals surface area contributed by atoms with Crippen molar-refractivity contribution in [2.24, 2.45) is 4.99 Å². The smallest absolute Gasteiger partial charge is 0.330 e. The van der Waals surface area contributed by atoms with Crippen molar-refractivity contribution in [1.82, 2.24) is 5.06 Å². The third kappa shape index (κ3) is 3.45. The summed E-state index contributed by atoms with van der Waals surface area (Å²) in [6.45, 7) is 3.91. The van der Waals surface area contributed by atoms with Crippen molar-refractivity contribution in [2.45, 2.75) is 32.1 Å². The number of amides is 2. The first-order valence-corrected chi connectivity index (χ1v) is 5.14. The summed E-state index contributed by atoms with van der Waals surface area (Å²) < 4.78 is 0. The van der Waals surface area contributed by atoms with E-state index in [0.29, 0.717) is 18.0 Å². The predicted molar refractivity (Wildman–Crippen MR) is 55.4 cm³/mol. The van der Waals surface area contributed by atoms with Crippen molar-refractivity contribution in [2.75, 3.05) is 6.54 Å². The molecular formula is C10H14N2O4. The molecule has 0 N–H and O–H groups in total. The number of carbonyl (C=O) groups is 3. The molecule has 0 aliphatic carbocycles. The monoisotopic (exact) mass is 226 g/mol. The number of hydrogen-bond acceptors (Lipinski definition) is 5. The fourth-order valence-corrected chi connectivity index (χ4v) is 1.30. The maximum atomic E-state index is 11.2. The van der Waals surface area contributed by atoms with Gasteiger partial charge in [-0.3, -0.25) is 9.59 Å². The minimum atomic E-state index is -0.562. The van der Waals surface area contributed by atoms with Gasteiger partial charge in [-0.1, -0.05) is 0 Å². The molecule has 1 aliphatic heterocycles. The van der Waals surface area contributed by atoms with Crippen LogP contribution in [0.2, 0.25) is 0 Å². The summed E-state index contributed by atoms with van der Waals surface area (Å²) in [5.74, 6) is -1.47. The van der Waals surface area contributed by atoms with E-state index >= 15 is 0 Å². The minimum absolute atomic E-state index is 0.118. The summed E-state index contributed by atoms with van der Waals surface area (Å²) >= 11 is 0. The van der Waals surface area contributed by atoms with Gasteiger partial charge in [0.05, 0.1) is 0 Å². The molecule has 0 aromatic carbocycles. The van der Waals surface area contributed by atoms with E-state index in [1.54, 1.807) is 0 Å². The van der Waals surface area contributed by atoms with Crippen LogP contribution in [0.3, 0.4) is 0 Å². The minimum Gasteiger partial charge on any atom is -0.330 e. The van der Waals surface area contributed by atoms with Gasteiger partial charge < -0.3 is 9.83 Å². The highest BCUT2D eigenvalue weighted by Crippen LogP contribution is 2.13. The Bertz CT molecular complexity index is 298. The van der Waals surface area contributed by atoms with E-state index in [1.165, 1.54) is 0 Å². The van der Waals surface area contributed by atoms with Crippen molar-refractivity contribution < 1.29 is 19.2 Å². The molecule has 2 amide bonds. The molecule has 16 heavy (non-hydrogen) atoms.